The van der Waals surface area contributed by atoms with Crippen LogP contribution in [-0.4, -0.2) is 18.1 Å². The molecule has 19 heavy (non-hydrogen) atoms. The molecule has 0 spiro atoms. The molecule has 2 rings (SSSR count). The molecule has 1 aromatic rings. The molecule has 0 heterocycles. The molecular formula is C14H20N2O3. The molecule has 1 saturated carbocycles. The van der Waals surface area contributed by atoms with Crippen LogP contribution in [0.25, 0.3) is 0 Å². The standard InChI is InChI=1S/C14H20N2O3/c1-19-14-9-8-12(10-13(14)16(17)18)15-11-6-4-2-3-5-7-11/h8-11,15H,2-7H2,1H3. The molecule has 0 radical (unpaired) electrons. The molecule has 0 unspecified atom stereocenters. The van der Waals surface area contributed by atoms with Gasteiger partial charge in [-0.3, -0.25) is 10.1 Å². The maximum absolute atomic E-state index is 11.0. The van der Waals surface area contributed by atoms with Crippen LogP contribution in [-0.2, 0) is 0 Å². The monoisotopic (exact) mass is 264 g/mol. The van der Waals surface area contributed by atoms with E-state index >= 15 is 0 Å². The van der Waals surface area contributed by atoms with E-state index in [1.165, 1.54) is 32.8 Å². The van der Waals surface area contributed by atoms with Gasteiger partial charge in [-0.15, -0.1) is 0 Å². The number of nitro groups is 1. The van der Waals surface area contributed by atoms with Crippen LogP contribution < -0.4 is 10.1 Å². The van der Waals surface area contributed by atoms with Crippen molar-refractivity contribution in [3.63, 3.8) is 0 Å². The second-order valence-corrected chi connectivity index (χ2v) is 4.98. The van der Waals surface area contributed by atoms with Gasteiger partial charge in [-0.2, -0.15) is 0 Å². The highest BCUT2D eigenvalue weighted by molar-refractivity contribution is 5.58. The number of rotatable bonds is 4. The van der Waals surface area contributed by atoms with Crippen LogP contribution >= 0.6 is 0 Å². The summed E-state index contributed by atoms with van der Waals surface area (Å²) < 4.78 is 5.00. The maximum Gasteiger partial charge on any atom is 0.312 e. The van der Waals surface area contributed by atoms with Gasteiger partial charge in [-0.1, -0.05) is 25.7 Å². The Morgan fingerprint density at radius 1 is 1.26 bits per heavy atom. The second kappa shape index (κ2) is 6.41. The largest absolute Gasteiger partial charge is 0.490 e. The van der Waals surface area contributed by atoms with E-state index in [0.717, 1.165) is 18.5 Å². The number of nitrogens with zero attached hydrogens (tertiary/aromatic N) is 1. The molecule has 1 aliphatic carbocycles. The first-order valence-electron chi connectivity index (χ1n) is 6.79. The van der Waals surface area contributed by atoms with E-state index in [1.807, 2.05) is 6.07 Å². The lowest BCUT2D eigenvalue weighted by atomic mass is 10.1. The molecule has 0 atom stereocenters. The van der Waals surface area contributed by atoms with Crippen molar-refractivity contribution in [1.29, 1.82) is 0 Å². The first kappa shape index (κ1) is 13.6. The zero-order chi connectivity index (χ0) is 13.7. The molecule has 1 N–H and O–H groups in total. The van der Waals surface area contributed by atoms with Gasteiger partial charge in [0.15, 0.2) is 5.75 Å². The number of nitrogens with one attached hydrogen (secondary N) is 1. The SMILES string of the molecule is COc1ccc(NC2CCCCCC2)cc1[N+](=O)[O-]. The van der Waals surface area contributed by atoms with Gasteiger partial charge >= 0.3 is 5.69 Å². The molecule has 5 heteroatoms. The Kier molecular flexibility index (Phi) is 4.60. The van der Waals surface area contributed by atoms with Gasteiger partial charge in [0.25, 0.3) is 0 Å². The van der Waals surface area contributed by atoms with Crippen molar-refractivity contribution in [2.45, 2.75) is 44.6 Å². The Bertz CT molecular complexity index is 440. The van der Waals surface area contributed by atoms with Gasteiger partial charge in [0.05, 0.1) is 12.0 Å². The van der Waals surface area contributed by atoms with Gasteiger partial charge < -0.3 is 10.1 Å². The number of hydrogen-bond acceptors (Lipinski definition) is 4. The lowest BCUT2D eigenvalue weighted by Crippen LogP contribution is -2.18. The number of nitro benzene ring substituents is 1. The highest BCUT2D eigenvalue weighted by Gasteiger charge is 2.17. The van der Waals surface area contributed by atoms with Crippen molar-refractivity contribution >= 4 is 11.4 Å². The minimum atomic E-state index is -0.406. The van der Waals surface area contributed by atoms with Crippen LogP contribution in [0.1, 0.15) is 38.5 Å². The van der Waals surface area contributed by atoms with E-state index in [1.54, 1.807) is 12.1 Å². The maximum atomic E-state index is 11.0. The predicted molar refractivity (Wildman–Crippen MR) is 74.8 cm³/mol. The first-order chi connectivity index (χ1) is 9.20. The fourth-order valence-electron chi connectivity index (χ4n) is 2.58. The molecule has 0 aliphatic heterocycles. The quantitative estimate of drug-likeness (QED) is 0.511. The third-order valence-corrected chi connectivity index (χ3v) is 3.60. The normalized spacial score (nSPS) is 16.7. The van der Waals surface area contributed by atoms with Crippen LogP contribution in [0.15, 0.2) is 18.2 Å². The summed E-state index contributed by atoms with van der Waals surface area (Å²) in [5, 5.41) is 14.4. The molecule has 0 saturated heterocycles. The predicted octanol–water partition coefficient (Wildman–Crippen LogP) is 3.74. The fourth-order valence-corrected chi connectivity index (χ4v) is 2.58. The number of benzene rings is 1. The summed E-state index contributed by atoms with van der Waals surface area (Å²) >= 11 is 0. The topological polar surface area (TPSA) is 64.4 Å². The summed E-state index contributed by atoms with van der Waals surface area (Å²) in [5.74, 6) is 0.302. The molecule has 1 fully saturated rings. The summed E-state index contributed by atoms with van der Waals surface area (Å²) in [5.41, 5.74) is 0.820. The van der Waals surface area contributed by atoms with E-state index < -0.39 is 4.92 Å². The van der Waals surface area contributed by atoms with E-state index in [2.05, 4.69) is 5.32 Å². The average Bonchev–Trinajstić information content (AvgIpc) is 2.67. The lowest BCUT2D eigenvalue weighted by molar-refractivity contribution is -0.385. The van der Waals surface area contributed by atoms with Crippen LogP contribution in [0.3, 0.4) is 0 Å². The third-order valence-electron chi connectivity index (χ3n) is 3.60. The van der Waals surface area contributed by atoms with Gasteiger partial charge in [0.1, 0.15) is 0 Å². The van der Waals surface area contributed by atoms with E-state index in [4.69, 9.17) is 4.74 Å². The van der Waals surface area contributed by atoms with Crippen LogP contribution in [0, 0.1) is 10.1 Å². The minimum Gasteiger partial charge on any atom is -0.490 e. The summed E-state index contributed by atoms with van der Waals surface area (Å²) in [7, 11) is 1.45. The van der Waals surface area contributed by atoms with E-state index in [0.29, 0.717) is 11.8 Å². The second-order valence-electron chi connectivity index (χ2n) is 4.98. The molecule has 104 valence electrons. The highest BCUT2D eigenvalue weighted by atomic mass is 16.6. The van der Waals surface area contributed by atoms with Gasteiger partial charge in [-0.25, -0.2) is 0 Å². The Labute approximate surface area is 113 Å². The van der Waals surface area contributed by atoms with Crippen LogP contribution in [0.5, 0.6) is 5.75 Å². The Balaban J connectivity index is 2.11. The van der Waals surface area contributed by atoms with Crippen LogP contribution in [0.2, 0.25) is 0 Å². The third kappa shape index (κ3) is 3.59. The molecule has 5 nitrogen and oxygen atoms in total. The van der Waals surface area contributed by atoms with Crippen molar-refractivity contribution in [2.75, 3.05) is 12.4 Å². The summed E-state index contributed by atoms with van der Waals surface area (Å²) in [6, 6.07) is 5.48. The summed E-state index contributed by atoms with van der Waals surface area (Å²) in [6.07, 6.45) is 7.33. The van der Waals surface area contributed by atoms with Crippen molar-refractivity contribution in [1.82, 2.24) is 0 Å². The fraction of sp³-hybridized carbons (Fsp3) is 0.571. The molecule has 1 aliphatic rings. The lowest BCUT2D eigenvalue weighted by Gasteiger charge is -2.17. The molecule has 0 bridgehead atoms. The van der Waals surface area contributed by atoms with Crippen molar-refractivity contribution in [2.24, 2.45) is 0 Å². The Morgan fingerprint density at radius 2 is 1.95 bits per heavy atom. The number of anilines is 1. The molecule has 1 aromatic carbocycles. The minimum absolute atomic E-state index is 0.0149. The van der Waals surface area contributed by atoms with Gasteiger partial charge in [0.2, 0.25) is 0 Å². The Hall–Kier alpha value is -1.78. The van der Waals surface area contributed by atoms with Crippen molar-refractivity contribution in [3.05, 3.63) is 28.3 Å². The van der Waals surface area contributed by atoms with Crippen molar-refractivity contribution in [3.8, 4) is 5.75 Å². The molecule has 0 amide bonds. The zero-order valence-corrected chi connectivity index (χ0v) is 11.2. The van der Waals surface area contributed by atoms with Crippen molar-refractivity contribution < 1.29 is 9.66 Å². The van der Waals surface area contributed by atoms with E-state index in [9.17, 15) is 10.1 Å². The number of methoxy groups -OCH3 is 1. The Morgan fingerprint density at radius 3 is 2.53 bits per heavy atom. The smallest absolute Gasteiger partial charge is 0.312 e. The van der Waals surface area contributed by atoms with Gasteiger partial charge in [-0.05, 0) is 25.0 Å². The molecular weight excluding hydrogens is 244 g/mol. The van der Waals surface area contributed by atoms with Gasteiger partial charge in [0, 0.05) is 17.8 Å². The number of hydrogen-bond donors (Lipinski definition) is 1. The molecule has 0 aromatic heterocycles. The average molecular weight is 264 g/mol. The zero-order valence-electron chi connectivity index (χ0n) is 11.2. The first-order valence-corrected chi connectivity index (χ1v) is 6.79. The summed E-state index contributed by atoms with van der Waals surface area (Å²) in [4.78, 5) is 10.6. The highest BCUT2D eigenvalue weighted by Crippen LogP contribution is 2.31. The number of ether oxygens (including phenoxy) is 1. The summed E-state index contributed by atoms with van der Waals surface area (Å²) in [6.45, 7) is 0. The van der Waals surface area contributed by atoms with E-state index in [-0.39, 0.29) is 5.69 Å². The van der Waals surface area contributed by atoms with Crippen LogP contribution in [0.4, 0.5) is 11.4 Å².